The van der Waals surface area contributed by atoms with Gasteiger partial charge in [-0.3, -0.25) is 4.79 Å². The molecule has 0 radical (unpaired) electrons. The first-order valence-electron chi connectivity index (χ1n) is 6.24. The van der Waals surface area contributed by atoms with Gasteiger partial charge in [-0.25, -0.2) is 8.42 Å². The van der Waals surface area contributed by atoms with Crippen molar-refractivity contribution in [3.05, 3.63) is 30.3 Å². The summed E-state index contributed by atoms with van der Waals surface area (Å²) in [7, 11) is -3.55. The molecule has 1 unspecified atom stereocenters. The highest BCUT2D eigenvalue weighted by Gasteiger charge is 2.31. The highest BCUT2D eigenvalue weighted by atomic mass is 32.2. The van der Waals surface area contributed by atoms with E-state index >= 15 is 0 Å². The minimum absolute atomic E-state index is 0.194. The smallest absolute Gasteiger partial charge is 0.188 e. The number of benzene rings is 1. The van der Waals surface area contributed by atoms with Crippen LogP contribution in [0.3, 0.4) is 0 Å². The minimum atomic E-state index is -3.55. The van der Waals surface area contributed by atoms with E-state index in [4.69, 9.17) is 0 Å². The van der Waals surface area contributed by atoms with E-state index in [1.807, 2.05) is 6.92 Å². The monoisotopic (exact) mass is 268 g/mol. The van der Waals surface area contributed by atoms with Gasteiger partial charge < -0.3 is 0 Å². The lowest BCUT2D eigenvalue weighted by Gasteiger charge is -2.16. The van der Waals surface area contributed by atoms with Crippen LogP contribution in [-0.2, 0) is 14.6 Å². The second-order valence-electron chi connectivity index (χ2n) is 4.59. The van der Waals surface area contributed by atoms with Crippen molar-refractivity contribution < 1.29 is 13.2 Å². The summed E-state index contributed by atoms with van der Waals surface area (Å²) in [4.78, 5) is 12.3. The van der Waals surface area contributed by atoms with Crippen LogP contribution in [0.2, 0.25) is 0 Å². The maximum atomic E-state index is 12.3. The summed E-state index contributed by atoms with van der Waals surface area (Å²) in [6, 6.07) is 8.15. The maximum absolute atomic E-state index is 12.3. The molecule has 0 aliphatic carbocycles. The van der Waals surface area contributed by atoms with Gasteiger partial charge in [-0.2, -0.15) is 0 Å². The van der Waals surface area contributed by atoms with Gasteiger partial charge in [-0.1, -0.05) is 38.5 Å². The van der Waals surface area contributed by atoms with Gasteiger partial charge in [0.15, 0.2) is 15.6 Å². The van der Waals surface area contributed by atoms with Gasteiger partial charge in [0.1, 0.15) is 5.25 Å². The molecule has 0 saturated carbocycles. The van der Waals surface area contributed by atoms with Crippen molar-refractivity contribution in [2.24, 2.45) is 5.92 Å². The number of Topliss-reactive ketones (excluding diaryl/α,β-unsaturated/α-hetero) is 1. The third-order valence-corrected chi connectivity index (χ3v) is 5.24. The van der Waals surface area contributed by atoms with Crippen molar-refractivity contribution in [3.63, 3.8) is 0 Å². The fraction of sp³-hybridized carbons (Fsp3) is 0.500. The van der Waals surface area contributed by atoms with Crippen LogP contribution in [0, 0.1) is 5.92 Å². The zero-order valence-corrected chi connectivity index (χ0v) is 11.9. The second kappa shape index (κ2) is 6.14. The van der Waals surface area contributed by atoms with Crippen LogP contribution in [0.4, 0.5) is 0 Å². The quantitative estimate of drug-likeness (QED) is 0.797. The normalized spacial score (nSPS) is 15.1. The number of hydrogen-bond acceptors (Lipinski definition) is 3. The van der Waals surface area contributed by atoms with Crippen LogP contribution >= 0.6 is 0 Å². The molecule has 4 heteroatoms. The lowest BCUT2D eigenvalue weighted by molar-refractivity contribution is -0.121. The molecular weight excluding hydrogens is 248 g/mol. The topological polar surface area (TPSA) is 51.2 Å². The van der Waals surface area contributed by atoms with E-state index in [-0.39, 0.29) is 16.6 Å². The van der Waals surface area contributed by atoms with E-state index in [0.29, 0.717) is 0 Å². The molecular formula is C14H20O3S. The standard InChI is InChI=1S/C14H20O3S/c1-4-8-11(2)14(15)12(3)18(16,17)13-9-6-5-7-10-13/h5-7,9-12H,4,8H2,1-3H3/t11-,12?/m0/s1. The Hall–Kier alpha value is -1.16. The number of carbonyl (C=O) groups excluding carboxylic acids is 1. The van der Waals surface area contributed by atoms with Crippen LogP contribution in [0.25, 0.3) is 0 Å². The molecule has 18 heavy (non-hydrogen) atoms. The maximum Gasteiger partial charge on any atom is 0.188 e. The first-order chi connectivity index (χ1) is 8.41. The Kier molecular flexibility index (Phi) is 5.08. The SMILES string of the molecule is CCC[C@H](C)C(=O)C(C)S(=O)(=O)c1ccccc1. The third kappa shape index (κ3) is 3.19. The third-order valence-electron chi connectivity index (χ3n) is 3.15. The summed E-state index contributed by atoms with van der Waals surface area (Å²) in [6.45, 7) is 5.26. The van der Waals surface area contributed by atoms with Gasteiger partial charge in [0.2, 0.25) is 0 Å². The Labute approximate surface area is 109 Å². The number of sulfone groups is 1. The molecule has 0 aliphatic heterocycles. The van der Waals surface area contributed by atoms with Crippen LogP contribution in [0.5, 0.6) is 0 Å². The lowest BCUT2D eigenvalue weighted by Crippen LogP contribution is -2.31. The molecule has 1 aromatic carbocycles. The highest BCUT2D eigenvalue weighted by molar-refractivity contribution is 7.92. The Bertz CT molecular complexity index is 491. The zero-order chi connectivity index (χ0) is 13.8. The van der Waals surface area contributed by atoms with Gasteiger partial charge in [0, 0.05) is 5.92 Å². The van der Waals surface area contributed by atoms with E-state index in [9.17, 15) is 13.2 Å². The predicted molar refractivity (Wildman–Crippen MR) is 72.2 cm³/mol. The molecule has 1 aromatic rings. The van der Waals surface area contributed by atoms with Crippen LogP contribution in [-0.4, -0.2) is 19.5 Å². The van der Waals surface area contributed by atoms with Crippen LogP contribution < -0.4 is 0 Å². The molecule has 0 spiro atoms. The first-order valence-corrected chi connectivity index (χ1v) is 7.78. The molecule has 0 amide bonds. The van der Waals surface area contributed by atoms with Gasteiger partial charge in [0.25, 0.3) is 0 Å². The minimum Gasteiger partial charge on any atom is -0.298 e. The molecule has 2 atom stereocenters. The van der Waals surface area contributed by atoms with Crippen molar-refractivity contribution in [3.8, 4) is 0 Å². The zero-order valence-electron chi connectivity index (χ0n) is 11.1. The molecule has 0 bridgehead atoms. The van der Waals surface area contributed by atoms with Gasteiger partial charge in [-0.15, -0.1) is 0 Å². The van der Waals surface area contributed by atoms with Crippen molar-refractivity contribution in [1.82, 2.24) is 0 Å². The summed E-state index contributed by atoms with van der Waals surface area (Å²) < 4.78 is 24.5. The van der Waals surface area contributed by atoms with Gasteiger partial charge in [0.05, 0.1) is 4.90 Å². The highest BCUT2D eigenvalue weighted by Crippen LogP contribution is 2.20. The van der Waals surface area contributed by atoms with E-state index in [2.05, 4.69) is 0 Å². The average Bonchev–Trinajstić information content (AvgIpc) is 2.38. The average molecular weight is 268 g/mol. The van der Waals surface area contributed by atoms with E-state index < -0.39 is 15.1 Å². The molecule has 0 saturated heterocycles. The molecule has 0 aromatic heterocycles. The Morgan fingerprint density at radius 1 is 1.17 bits per heavy atom. The molecule has 100 valence electrons. The number of ketones is 1. The number of hydrogen-bond donors (Lipinski definition) is 0. The van der Waals surface area contributed by atoms with Crippen LogP contribution in [0.15, 0.2) is 35.2 Å². The summed E-state index contributed by atoms with van der Waals surface area (Å²) in [5.74, 6) is -0.399. The Balaban J connectivity index is 2.96. The molecule has 1 rings (SSSR count). The van der Waals surface area contributed by atoms with E-state index in [1.165, 1.54) is 19.1 Å². The molecule has 3 nitrogen and oxygen atoms in total. The van der Waals surface area contributed by atoms with Crippen LogP contribution in [0.1, 0.15) is 33.6 Å². The Morgan fingerprint density at radius 2 is 1.72 bits per heavy atom. The van der Waals surface area contributed by atoms with Crippen molar-refractivity contribution >= 4 is 15.6 Å². The lowest BCUT2D eigenvalue weighted by atomic mass is 9.99. The van der Waals surface area contributed by atoms with Gasteiger partial charge in [-0.05, 0) is 25.5 Å². The van der Waals surface area contributed by atoms with E-state index in [0.717, 1.165) is 12.8 Å². The fourth-order valence-electron chi connectivity index (χ4n) is 1.94. The van der Waals surface area contributed by atoms with Crippen molar-refractivity contribution in [1.29, 1.82) is 0 Å². The second-order valence-corrected chi connectivity index (χ2v) is 6.86. The summed E-state index contributed by atoms with van der Waals surface area (Å²) in [5.41, 5.74) is 0. The molecule has 0 aliphatic rings. The number of carbonyl (C=O) groups is 1. The molecule has 0 N–H and O–H groups in total. The summed E-state index contributed by atoms with van der Waals surface area (Å²) in [6.07, 6.45) is 1.61. The molecule has 0 fully saturated rings. The number of rotatable bonds is 6. The Morgan fingerprint density at radius 3 is 2.22 bits per heavy atom. The summed E-state index contributed by atoms with van der Waals surface area (Å²) >= 11 is 0. The molecule has 0 heterocycles. The summed E-state index contributed by atoms with van der Waals surface area (Å²) in [5, 5.41) is -0.971. The predicted octanol–water partition coefficient (Wildman–Crippen LogP) is 2.85. The largest absolute Gasteiger partial charge is 0.298 e. The van der Waals surface area contributed by atoms with Crippen molar-refractivity contribution in [2.75, 3.05) is 0 Å². The fourth-order valence-corrected chi connectivity index (χ4v) is 3.43. The van der Waals surface area contributed by atoms with Crippen molar-refractivity contribution in [2.45, 2.75) is 43.8 Å². The van der Waals surface area contributed by atoms with Gasteiger partial charge >= 0.3 is 0 Å². The first kappa shape index (κ1) is 14.9. The van der Waals surface area contributed by atoms with E-state index in [1.54, 1.807) is 25.1 Å².